The highest BCUT2D eigenvalue weighted by atomic mass is 19.4. The third-order valence-corrected chi connectivity index (χ3v) is 0.889. The fourth-order valence-corrected chi connectivity index (χ4v) is 0.653. The highest BCUT2D eigenvalue weighted by molar-refractivity contribution is 5.78. The van der Waals surface area contributed by atoms with Gasteiger partial charge in [0, 0.05) is 0 Å². The lowest BCUT2D eigenvalue weighted by atomic mass is 10.5. The van der Waals surface area contributed by atoms with Gasteiger partial charge in [0.25, 0.3) is 0 Å². The van der Waals surface area contributed by atoms with Crippen LogP contribution in [0, 0.1) is 5.41 Å². The van der Waals surface area contributed by atoms with E-state index in [2.05, 4.69) is 0 Å². The Hall–Kier alpha value is -0.780. The molecule has 0 radical (unpaired) electrons. The minimum Gasteiger partial charge on any atom is -0.387 e. The van der Waals surface area contributed by atoms with Gasteiger partial charge in [-0.05, 0) is 7.05 Å². The smallest absolute Gasteiger partial charge is 0.387 e. The van der Waals surface area contributed by atoms with E-state index in [1.165, 1.54) is 7.05 Å². The van der Waals surface area contributed by atoms with Crippen LogP contribution >= 0.6 is 0 Å². The second kappa shape index (κ2) is 3.56. The zero-order chi connectivity index (χ0) is 9.07. The van der Waals surface area contributed by atoms with E-state index < -0.39 is 12.7 Å². The molecule has 0 unspecified atom stereocenters. The normalized spacial score (nSPS) is 12.1. The largest absolute Gasteiger partial charge is 0.401 e. The van der Waals surface area contributed by atoms with Gasteiger partial charge in [-0.2, -0.15) is 13.2 Å². The van der Waals surface area contributed by atoms with Crippen LogP contribution in [0.4, 0.5) is 13.2 Å². The van der Waals surface area contributed by atoms with E-state index in [9.17, 15) is 13.2 Å². The van der Waals surface area contributed by atoms with Gasteiger partial charge in [0.2, 0.25) is 0 Å². The number of hydrogen-bond donors (Lipinski definition) is 2. The van der Waals surface area contributed by atoms with Crippen LogP contribution in [0.25, 0.3) is 0 Å². The number of likely N-dealkylation sites (N-methyl/N-ethyl adjacent to an activating group) is 1. The Kier molecular flexibility index (Phi) is 3.31. The molecule has 0 amide bonds. The Morgan fingerprint density at radius 2 is 2.00 bits per heavy atom. The Morgan fingerprint density at radius 1 is 1.55 bits per heavy atom. The monoisotopic (exact) mass is 169 g/mol. The molecule has 0 aliphatic heterocycles. The van der Waals surface area contributed by atoms with Crippen molar-refractivity contribution in [2.75, 3.05) is 20.1 Å². The first-order valence-corrected chi connectivity index (χ1v) is 2.89. The molecular weight excluding hydrogens is 159 g/mol. The number of rotatable bonds is 3. The van der Waals surface area contributed by atoms with Gasteiger partial charge in [0.1, 0.15) is 5.84 Å². The number of nitrogens with zero attached hydrogens (tertiary/aromatic N) is 1. The molecule has 0 saturated heterocycles. The van der Waals surface area contributed by atoms with Gasteiger partial charge in [-0.25, -0.2) is 0 Å². The van der Waals surface area contributed by atoms with Crippen molar-refractivity contribution in [3.63, 3.8) is 0 Å². The predicted octanol–water partition coefficient (Wildman–Crippen LogP) is 0.416. The fraction of sp³-hybridized carbons (Fsp3) is 0.800. The molecule has 3 nitrogen and oxygen atoms in total. The second-order valence-corrected chi connectivity index (χ2v) is 2.31. The molecule has 0 aromatic carbocycles. The maximum absolute atomic E-state index is 11.6. The number of nitrogens with two attached hydrogens (primary N) is 1. The first kappa shape index (κ1) is 10.2. The van der Waals surface area contributed by atoms with Crippen LogP contribution < -0.4 is 5.73 Å². The minimum absolute atomic E-state index is 0.153. The van der Waals surface area contributed by atoms with Crippen molar-refractivity contribution in [2.24, 2.45) is 5.73 Å². The molecule has 0 aromatic rings. The predicted molar refractivity (Wildman–Crippen MR) is 35.5 cm³/mol. The molecule has 0 aliphatic carbocycles. The molecule has 0 heterocycles. The Morgan fingerprint density at radius 3 is 2.27 bits per heavy atom. The molecule has 0 aromatic heterocycles. The first-order chi connectivity index (χ1) is 4.81. The van der Waals surface area contributed by atoms with Crippen LogP contribution in [0.5, 0.6) is 0 Å². The SMILES string of the molecule is CN(CC(=N)N)CC(F)(F)F. The molecule has 3 N–H and O–H groups in total. The number of amidine groups is 1. The Labute approximate surface area is 62.5 Å². The highest BCUT2D eigenvalue weighted by Gasteiger charge is 2.29. The van der Waals surface area contributed by atoms with Gasteiger partial charge in [-0.1, -0.05) is 0 Å². The standard InChI is InChI=1S/C5H10F3N3/c1-11(2-4(9)10)3-5(6,7)8/h2-3H2,1H3,(H3,9,10). The summed E-state index contributed by atoms with van der Waals surface area (Å²) in [7, 11) is 1.26. The molecular formula is C5H10F3N3. The van der Waals surface area contributed by atoms with E-state index in [1.54, 1.807) is 0 Å². The summed E-state index contributed by atoms with van der Waals surface area (Å²) in [4.78, 5) is 0.933. The van der Waals surface area contributed by atoms with Gasteiger partial charge in [0.05, 0.1) is 13.1 Å². The van der Waals surface area contributed by atoms with E-state index in [4.69, 9.17) is 11.1 Å². The van der Waals surface area contributed by atoms with Crippen LogP contribution in [0.15, 0.2) is 0 Å². The van der Waals surface area contributed by atoms with E-state index in [1.807, 2.05) is 0 Å². The van der Waals surface area contributed by atoms with Crippen molar-refractivity contribution < 1.29 is 13.2 Å². The fourth-order valence-electron chi connectivity index (χ4n) is 0.653. The van der Waals surface area contributed by atoms with Crippen LogP contribution in [0.1, 0.15) is 0 Å². The summed E-state index contributed by atoms with van der Waals surface area (Å²) in [5.41, 5.74) is 4.89. The first-order valence-electron chi connectivity index (χ1n) is 2.89. The van der Waals surface area contributed by atoms with Gasteiger partial charge in [-0.15, -0.1) is 0 Å². The molecule has 11 heavy (non-hydrogen) atoms. The van der Waals surface area contributed by atoms with Crippen molar-refractivity contribution in [2.45, 2.75) is 6.18 Å². The summed E-state index contributed by atoms with van der Waals surface area (Å²) >= 11 is 0. The molecule has 0 rings (SSSR count). The molecule has 0 spiro atoms. The van der Waals surface area contributed by atoms with Gasteiger partial charge >= 0.3 is 6.18 Å². The van der Waals surface area contributed by atoms with E-state index >= 15 is 0 Å². The molecule has 6 heteroatoms. The summed E-state index contributed by atoms with van der Waals surface area (Å²) in [6.45, 7) is -1.19. The average Bonchev–Trinajstić information content (AvgIpc) is 1.53. The molecule has 0 aliphatic rings. The zero-order valence-electron chi connectivity index (χ0n) is 6.07. The maximum atomic E-state index is 11.6. The topological polar surface area (TPSA) is 53.1 Å². The maximum Gasteiger partial charge on any atom is 0.401 e. The number of nitrogens with one attached hydrogen (secondary N) is 1. The van der Waals surface area contributed by atoms with Crippen LogP contribution in [0.3, 0.4) is 0 Å². The van der Waals surface area contributed by atoms with Crippen LogP contribution in [-0.2, 0) is 0 Å². The third-order valence-electron chi connectivity index (χ3n) is 0.889. The van der Waals surface area contributed by atoms with Crippen molar-refractivity contribution in [1.82, 2.24) is 4.90 Å². The molecule has 0 atom stereocenters. The molecule has 0 fully saturated rings. The van der Waals surface area contributed by atoms with Crippen molar-refractivity contribution in [3.05, 3.63) is 0 Å². The van der Waals surface area contributed by atoms with Crippen molar-refractivity contribution in [3.8, 4) is 0 Å². The summed E-state index contributed by atoms with van der Waals surface area (Å²) < 4.78 is 34.8. The summed E-state index contributed by atoms with van der Waals surface area (Å²) in [5.74, 6) is -0.267. The number of alkyl halides is 3. The summed E-state index contributed by atoms with van der Waals surface area (Å²) in [6.07, 6.45) is -4.22. The van der Waals surface area contributed by atoms with Crippen LogP contribution in [-0.4, -0.2) is 37.0 Å². The van der Waals surface area contributed by atoms with E-state index in [0.717, 1.165) is 4.90 Å². The average molecular weight is 169 g/mol. The summed E-state index contributed by atoms with van der Waals surface area (Å²) in [6, 6.07) is 0. The van der Waals surface area contributed by atoms with Crippen molar-refractivity contribution in [1.29, 1.82) is 5.41 Å². The number of hydrogen-bond acceptors (Lipinski definition) is 2. The van der Waals surface area contributed by atoms with Gasteiger partial charge < -0.3 is 5.73 Å². The van der Waals surface area contributed by atoms with E-state index in [-0.39, 0.29) is 12.4 Å². The van der Waals surface area contributed by atoms with Crippen molar-refractivity contribution >= 4 is 5.84 Å². The Bertz CT molecular complexity index is 142. The zero-order valence-corrected chi connectivity index (χ0v) is 6.07. The number of halogens is 3. The molecule has 0 bridgehead atoms. The van der Waals surface area contributed by atoms with Gasteiger partial charge in [0.15, 0.2) is 0 Å². The lowest BCUT2D eigenvalue weighted by Crippen LogP contribution is -2.36. The lowest BCUT2D eigenvalue weighted by molar-refractivity contribution is -0.141. The van der Waals surface area contributed by atoms with Gasteiger partial charge in [-0.3, -0.25) is 10.3 Å². The quantitative estimate of drug-likeness (QED) is 0.475. The lowest BCUT2D eigenvalue weighted by Gasteiger charge is -2.16. The third kappa shape index (κ3) is 7.11. The molecule has 66 valence electrons. The molecule has 0 saturated carbocycles. The van der Waals surface area contributed by atoms with E-state index in [0.29, 0.717) is 0 Å². The Balaban J connectivity index is 3.69. The minimum atomic E-state index is -4.22. The summed E-state index contributed by atoms with van der Waals surface area (Å²) in [5, 5.41) is 6.70. The van der Waals surface area contributed by atoms with Crippen LogP contribution in [0.2, 0.25) is 0 Å². The second-order valence-electron chi connectivity index (χ2n) is 2.31. The highest BCUT2D eigenvalue weighted by Crippen LogP contribution is 2.14.